The fourth-order valence-electron chi connectivity index (χ4n) is 2.57. The number of H-pyrrole nitrogens is 1. The Balaban J connectivity index is 2.13. The predicted octanol–water partition coefficient (Wildman–Crippen LogP) is 1.34. The number of aromatic amines is 1. The second-order valence-electron chi connectivity index (χ2n) is 4.48. The molecule has 2 rings (SSSR count). The zero-order valence-electron chi connectivity index (χ0n) is 10.8. The predicted molar refractivity (Wildman–Crippen MR) is 73.4 cm³/mol. The van der Waals surface area contributed by atoms with Crippen molar-refractivity contribution in [1.29, 1.82) is 0 Å². The second kappa shape index (κ2) is 5.71. The van der Waals surface area contributed by atoms with Crippen molar-refractivity contribution in [1.82, 2.24) is 14.9 Å². The van der Waals surface area contributed by atoms with Crippen molar-refractivity contribution in [3.05, 3.63) is 21.7 Å². The molecule has 0 aromatic carbocycles. The van der Waals surface area contributed by atoms with Gasteiger partial charge in [0.2, 0.25) is 0 Å². The highest BCUT2D eigenvalue weighted by molar-refractivity contribution is 6.32. The molecule has 5 nitrogen and oxygen atoms in total. The first-order valence-electron chi connectivity index (χ1n) is 6.39. The van der Waals surface area contributed by atoms with Crippen molar-refractivity contribution in [2.45, 2.75) is 26.3 Å². The minimum Gasteiger partial charge on any atom is -0.354 e. The smallest absolute Gasteiger partial charge is 0.271 e. The topological polar surface area (TPSA) is 52.2 Å². The first-order valence-corrected chi connectivity index (χ1v) is 6.77. The molecule has 0 bridgehead atoms. The summed E-state index contributed by atoms with van der Waals surface area (Å²) >= 11 is 6.01. The molecule has 18 heavy (non-hydrogen) atoms. The average Bonchev–Trinajstić information content (AvgIpc) is 2.84. The molecular formula is C12H19ClN4O. The van der Waals surface area contributed by atoms with Crippen molar-refractivity contribution in [2.24, 2.45) is 0 Å². The number of nitrogens with one attached hydrogen (secondary N) is 1. The molecule has 1 aromatic rings. The number of aromatic nitrogens is 2. The monoisotopic (exact) mass is 270 g/mol. The van der Waals surface area contributed by atoms with Gasteiger partial charge in [0, 0.05) is 19.1 Å². The number of hydrogen-bond donors (Lipinski definition) is 1. The van der Waals surface area contributed by atoms with Crippen LogP contribution in [-0.2, 0) is 0 Å². The Kier molecular flexibility index (Phi) is 4.24. The van der Waals surface area contributed by atoms with Crippen LogP contribution in [0, 0.1) is 0 Å². The van der Waals surface area contributed by atoms with Crippen LogP contribution in [0.5, 0.6) is 0 Å². The van der Waals surface area contributed by atoms with Crippen LogP contribution in [0.3, 0.4) is 0 Å². The summed E-state index contributed by atoms with van der Waals surface area (Å²) in [5.74, 6) is 0.607. The quantitative estimate of drug-likeness (QED) is 0.897. The summed E-state index contributed by atoms with van der Waals surface area (Å²) in [5, 5.41) is 0.192. The Bertz CT molecular complexity index is 458. The molecule has 1 aromatic heterocycles. The molecule has 1 saturated heterocycles. The van der Waals surface area contributed by atoms with Gasteiger partial charge in [0.1, 0.15) is 5.02 Å². The van der Waals surface area contributed by atoms with E-state index in [2.05, 4.69) is 33.6 Å². The Hall–Kier alpha value is -1.07. The molecule has 1 atom stereocenters. The van der Waals surface area contributed by atoms with Crippen LogP contribution in [-0.4, -0.2) is 47.1 Å². The Morgan fingerprint density at radius 3 is 2.94 bits per heavy atom. The molecule has 1 unspecified atom stereocenters. The molecule has 1 aliphatic heterocycles. The van der Waals surface area contributed by atoms with Crippen molar-refractivity contribution in [3.63, 3.8) is 0 Å². The zero-order valence-corrected chi connectivity index (χ0v) is 11.6. The van der Waals surface area contributed by atoms with Crippen LogP contribution in [0.1, 0.15) is 20.3 Å². The highest BCUT2D eigenvalue weighted by atomic mass is 35.5. The van der Waals surface area contributed by atoms with E-state index < -0.39 is 0 Å². The highest BCUT2D eigenvalue weighted by Crippen LogP contribution is 2.24. The first kappa shape index (κ1) is 13.4. The van der Waals surface area contributed by atoms with Gasteiger partial charge in [-0.05, 0) is 19.5 Å². The Morgan fingerprint density at radius 2 is 2.28 bits per heavy atom. The molecule has 0 aliphatic carbocycles. The summed E-state index contributed by atoms with van der Waals surface area (Å²) in [5.41, 5.74) is -0.270. The lowest BCUT2D eigenvalue weighted by Crippen LogP contribution is -2.37. The number of rotatable bonds is 4. The normalized spacial score (nSPS) is 19.8. The van der Waals surface area contributed by atoms with Crippen molar-refractivity contribution in [3.8, 4) is 0 Å². The first-order chi connectivity index (χ1) is 8.67. The van der Waals surface area contributed by atoms with E-state index in [-0.39, 0.29) is 10.6 Å². The molecule has 2 heterocycles. The molecule has 1 fully saturated rings. The molecule has 1 aliphatic rings. The highest BCUT2D eigenvalue weighted by Gasteiger charge is 2.28. The van der Waals surface area contributed by atoms with Crippen molar-refractivity contribution in [2.75, 3.05) is 31.1 Å². The SMILES string of the molecule is CCN(CC)C1CCN(c2nc[nH]c(=O)c2Cl)C1. The van der Waals surface area contributed by atoms with Crippen LogP contribution in [0.15, 0.2) is 11.1 Å². The van der Waals surface area contributed by atoms with Gasteiger partial charge in [-0.3, -0.25) is 9.69 Å². The van der Waals surface area contributed by atoms with Crippen LogP contribution in [0.2, 0.25) is 5.02 Å². The zero-order chi connectivity index (χ0) is 13.1. The lowest BCUT2D eigenvalue weighted by molar-refractivity contribution is 0.232. The number of likely N-dealkylation sites (N-methyl/N-ethyl adjacent to an activating group) is 1. The average molecular weight is 271 g/mol. The Labute approximate surface area is 112 Å². The fraction of sp³-hybridized carbons (Fsp3) is 0.667. The number of halogens is 1. The molecular weight excluding hydrogens is 252 g/mol. The van der Waals surface area contributed by atoms with E-state index in [1.54, 1.807) is 0 Å². The van der Waals surface area contributed by atoms with E-state index in [0.29, 0.717) is 11.9 Å². The lowest BCUT2D eigenvalue weighted by atomic mass is 10.2. The largest absolute Gasteiger partial charge is 0.354 e. The van der Waals surface area contributed by atoms with E-state index in [0.717, 1.165) is 32.6 Å². The molecule has 0 saturated carbocycles. The van der Waals surface area contributed by atoms with Gasteiger partial charge < -0.3 is 9.88 Å². The van der Waals surface area contributed by atoms with Crippen LogP contribution >= 0.6 is 11.6 Å². The number of anilines is 1. The summed E-state index contributed by atoms with van der Waals surface area (Å²) < 4.78 is 0. The summed E-state index contributed by atoms with van der Waals surface area (Å²) in [6.45, 7) is 8.22. The van der Waals surface area contributed by atoms with E-state index >= 15 is 0 Å². The Morgan fingerprint density at radius 1 is 1.56 bits per heavy atom. The second-order valence-corrected chi connectivity index (χ2v) is 4.86. The maximum Gasteiger partial charge on any atom is 0.271 e. The van der Waals surface area contributed by atoms with Gasteiger partial charge >= 0.3 is 0 Å². The summed E-state index contributed by atoms with van der Waals surface area (Å²) in [4.78, 5) is 22.7. The molecule has 1 N–H and O–H groups in total. The molecule has 100 valence electrons. The standard InChI is InChI=1S/C12H19ClN4O/c1-3-16(4-2)9-5-6-17(7-9)11-10(13)12(18)15-8-14-11/h8-9H,3-7H2,1-2H3,(H,14,15,18). The third-order valence-corrected chi connectivity index (χ3v) is 3.91. The van der Waals surface area contributed by atoms with E-state index in [9.17, 15) is 4.79 Å². The summed E-state index contributed by atoms with van der Waals surface area (Å²) in [6, 6.07) is 0.525. The maximum atomic E-state index is 11.5. The van der Waals surface area contributed by atoms with E-state index in [1.165, 1.54) is 6.33 Å². The van der Waals surface area contributed by atoms with Gasteiger partial charge in [-0.2, -0.15) is 0 Å². The minimum atomic E-state index is -0.270. The third kappa shape index (κ3) is 2.52. The van der Waals surface area contributed by atoms with Crippen molar-refractivity contribution >= 4 is 17.4 Å². The maximum absolute atomic E-state index is 11.5. The lowest BCUT2D eigenvalue weighted by Gasteiger charge is -2.26. The van der Waals surface area contributed by atoms with Gasteiger partial charge in [-0.25, -0.2) is 4.98 Å². The van der Waals surface area contributed by atoms with Crippen molar-refractivity contribution < 1.29 is 0 Å². The van der Waals surface area contributed by atoms with Gasteiger partial charge in [0.25, 0.3) is 5.56 Å². The molecule has 0 spiro atoms. The summed E-state index contributed by atoms with van der Waals surface area (Å²) in [7, 11) is 0. The summed E-state index contributed by atoms with van der Waals surface area (Å²) in [6.07, 6.45) is 2.50. The third-order valence-electron chi connectivity index (χ3n) is 3.57. The van der Waals surface area contributed by atoms with Gasteiger partial charge in [0.15, 0.2) is 5.82 Å². The van der Waals surface area contributed by atoms with Crippen LogP contribution in [0.4, 0.5) is 5.82 Å². The van der Waals surface area contributed by atoms with Crippen LogP contribution in [0.25, 0.3) is 0 Å². The number of hydrogen-bond acceptors (Lipinski definition) is 4. The van der Waals surface area contributed by atoms with E-state index in [1.807, 2.05) is 0 Å². The molecule has 6 heteroatoms. The molecule has 0 amide bonds. The van der Waals surface area contributed by atoms with E-state index in [4.69, 9.17) is 11.6 Å². The fourth-order valence-corrected chi connectivity index (χ4v) is 2.79. The van der Waals surface area contributed by atoms with Gasteiger partial charge in [-0.15, -0.1) is 0 Å². The van der Waals surface area contributed by atoms with Gasteiger partial charge in [0.05, 0.1) is 6.33 Å². The number of nitrogens with zero attached hydrogens (tertiary/aromatic N) is 3. The van der Waals surface area contributed by atoms with Gasteiger partial charge in [-0.1, -0.05) is 25.4 Å². The minimum absolute atomic E-state index is 0.192. The molecule has 0 radical (unpaired) electrons. The van der Waals surface area contributed by atoms with Crippen LogP contribution < -0.4 is 10.5 Å².